The summed E-state index contributed by atoms with van der Waals surface area (Å²) in [5, 5.41) is 2.35. The number of hydrogen-bond acceptors (Lipinski definition) is 2. The van der Waals surface area contributed by atoms with Gasteiger partial charge < -0.3 is 9.47 Å². The van der Waals surface area contributed by atoms with Gasteiger partial charge in [-0.25, -0.2) is 0 Å². The van der Waals surface area contributed by atoms with E-state index < -0.39 is 0 Å². The molecule has 0 amide bonds. The molecule has 0 unspecified atom stereocenters. The summed E-state index contributed by atoms with van der Waals surface area (Å²) in [6.45, 7) is 3.47. The van der Waals surface area contributed by atoms with Gasteiger partial charge in [-0.05, 0) is 33.8 Å². The topological polar surface area (TPSA) is 18.5 Å². The van der Waals surface area contributed by atoms with Gasteiger partial charge in [-0.2, -0.15) is 0 Å². The van der Waals surface area contributed by atoms with Crippen LogP contribution in [0.4, 0.5) is 0 Å². The summed E-state index contributed by atoms with van der Waals surface area (Å²) in [6, 6.07) is 10.4. The normalized spacial score (nSPS) is 10.8. The van der Waals surface area contributed by atoms with Crippen molar-refractivity contribution in [1.82, 2.24) is 0 Å². The van der Waals surface area contributed by atoms with Crippen molar-refractivity contribution in [2.24, 2.45) is 0 Å². The molecule has 0 heterocycles. The summed E-state index contributed by atoms with van der Waals surface area (Å²) in [7, 11) is 1.71. The first-order valence-corrected chi connectivity index (χ1v) is 6.83. The minimum Gasteiger partial charge on any atom is -0.492 e. The Morgan fingerprint density at radius 1 is 1.17 bits per heavy atom. The summed E-state index contributed by atoms with van der Waals surface area (Å²) < 4.78 is 12.0. The van der Waals surface area contributed by atoms with Crippen LogP contribution >= 0.6 is 15.9 Å². The van der Waals surface area contributed by atoms with Gasteiger partial charge in [-0.1, -0.05) is 30.3 Å². The number of halogens is 1. The summed E-state index contributed by atoms with van der Waals surface area (Å²) >= 11 is 3.61. The smallest absolute Gasteiger partial charge is 0.141 e. The van der Waals surface area contributed by atoms with Gasteiger partial charge in [0, 0.05) is 25.5 Å². The largest absolute Gasteiger partial charge is 0.492 e. The molecule has 0 saturated heterocycles. The van der Waals surface area contributed by atoms with Gasteiger partial charge in [0.25, 0.3) is 0 Å². The number of methoxy groups -OCH3 is 1. The Morgan fingerprint density at radius 2 is 1.94 bits per heavy atom. The van der Waals surface area contributed by atoms with Crippen LogP contribution in [-0.2, 0) is 4.74 Å². The van der Waals surface area contributed by atoms with Crippen LogP contribution in [0.3, 0.4) is 0 Å². The molecule has 0 atom stereocenters. The highest BCUT2D eigenvalue weighted by atomic mass is 79.9. The third-order valence-electron chi connectivity index (χ3n) is 2.86. The van der Waals surface area contributed by atoms with E-state index in [0.717, 1.165) is 28.6 Å². The van der Waals surface area contributed by atoms with Crippen molar-refractivity contribution in [1.29, 1.82) is 0 Å². The molecule has 96 valence electrons. The SMILES string of the molecule is COCCCOc1c(Br)c(C)cc2ccccc12. The summed E-state index contributed by atoms with van der Waals surface area (Å²) in [5.74, 6) is 0.932. The second-order valence-corrected chi connectivity index (χ2v) is 5.05. The second-order valence-electron chi connectivity index (χ2n) is 4.25. The molecular formula is C15H17BrO2. The molecule has 0 saturated carbocycles. The molecule has 0 fully saturated rings. The minimum absolute atomic E-state index is 0.667. The van der Waals surface area contributed by atoms with E-state index in [1.54, 1.807) is 7.11 Å². The number of hydrogen-bond donors (Lipinski definition) is 0. The molecule has 3 heteroatoms. The van der Waals surface area contributed by atoms with Crippen LogP contribution in [-0.4, -0.2) is 20.3 Å². The quantitative estimate of drug-likeness (QED) is 0.766. The van der Waals surface area contributed by atoms with Gasteiger partial charge in [0.2, 0.25) is 0 Å². The maximum absolute atomic E-state index is 5.91. The third-order valence-corrected chi connectivity index (χ3v) is 3.85. The predicted octanol–water partition coefficient (Wildman–Crippen LogP) is 4.33. The van der Waals surface area contributed by atoms with E-state index in [-0.39, 0.29) is 0 Å². The fourth-order valence-corrected chi connectivity index (χ4v) is 2.38. The zero-order chi connectivity index (χ0) is 13.0. The first-order valence-electron chi connectivity index (χ1n) is 6.03. The van der Waals surface area contributed by atoms with Crippen LogP contribution in [0.5, 0.6) is 5.75 Å². The van der Waals surface area contributed by atoms with E-state index in [9.17, 15) is 0 Å². The minimum atomic E-state index is 0.667. The molecule has 18 heavy (non-hydrogen) atoms. The van der Waals surface area contributed by atoms with E-state index in [4.69, 9.17) is 9.47 Å². The van der Waals surface area contributed by atoms with Gasteiger partial charge in [0.1, 0.15) is 5.75 Å². The Bertz CT molecular complexity index is 537. The molecule has 0 bridgehead atoms. The van der Waals surface area contributed by atoms with Gasteiger partial charge >= 0.3 is 0 Å². The second kappa shape index (κ2) is 6.21. The lowest BCUT2D eigenvalue weighted by molar-refractivity contribution is 0.172. The Hall–Kier alpha value is -1.06. The highest BCUT2D eigenvalue weighted by molar-refractivity contribution is 9.10. The molecule has 0 N–H and O–H groups in total. The van der Waals surface area contributed by atoms with E-state index in [0.29, 0.717) is 6.61 Å². The van der Waals surface area contributed by atoms with E-state index >= 15 is 0 Å². The van der Waals surface area contributed by atoms with Crippen LogP contribution < -0.4 is 4.74 Å². The number of rotatable bonds is 5. The van der Waals surface area contributed by atoms with Crippen LogP contribution in [0.25, 0.3) is 10.8 Å². The first kappa shape index (κ1) is 13.4. The standard InChI is InChI=1S/C15H17BrO2/c1-11-10-12-6-3-4-7-13(12)15(14(11)16)18-9-5-8-17-2/h3-4,6-7,10H,5,8-9H2,1-2H3. The van der Waals surface area contributed by atoms with Crippen molar-refractivity contribution in [3.8, 4) is 5.75 Å². The molecule has 2 nitrogen and oxygen atoms in total. The van der Waals surface area contributed by atoms with E-state index in [2.05, 4.69) is 41.1 Å². The molecule has 2 aromatic carbocycles. The molecule has 0 aromatic heterocycles. The maximum Gasteiger partial charge on any atom is 0.141 e. The third kappa shape index (κ3) is 2.85. The maximum atomic E-state index is 5.91. The number of aryl methyl sites for hydroxylation is 1. The molecule has 0 aliphatic heterocycles. The van der Waals surface area contributed by atoms with Crippen molar-refractivity contribution < 1.29 is 9.47 Å². The summed E-state index contributed by atoms with van der Waals surface area (Å²) in [4.78, 5) is 0. The lowest BCUT2D eigenvalue weighted by Crippen LogP contribution is -2.02. The zero-order valence-corrected chi connectivity index (χ0v) is 12.3. The fourth-order valence-electron chi connectivity index (χ4n) is 1.94. The lowest BCUT2D eigenvalue weighted by atomic mass is 10.1. The molecule has 0 radical (unpaired) electrons. The van der Waals surface area contributed by atoms with Crippen molar-refractivity contribution in [3.05, 3.63) is 40.4 Å². The van der Waals surface area contributed by atoms with Crippen LogP contribution in [0, 0.1) is 6.92 Å². The number of fused-ring (bicyclic) bond motifs is 1. The van der Waals surface area contributed by atoms with E-state index in [1.165, 1.54) is 10.9 Å². The molecule has 2 aromatic rings. The zero-order valence-electron chi connectivity index (χ0n) is 10.7. The molecule has 0 aliphatic rings. The average molecular weight is 309 g/mol. The van der Waals surface area contributed by atoms with Gasteiger partial charge in [0.05, 0.1) is 11.1 Å². The number of benzene rings is 2. The summed E-state index contributed by atoms with van der Waals surface area (Å²) in [5.41, 5.74) is 1.19. The Morgan fingerprint density at radius 3 is 2.72 bits per heavy atom. The molecule has 2 rings (SSSR count). The highest BCUT2D eigenvalue weighted by Crippen LogP contribution is 2.36. The first-order chi connectivity index (χ1) is 8.74. The highest BCUT2D eigenvalue weighted by Gasteiger charge is 2.09. The van der Waals surface area contributed by atoms with Crippen LogP contribution in [0.15, 0.2) is 34.8 Å². The van der Waals surface area contributed by atoms with Crippen molar-refractivity contribution in [2.75, 3.05) is 20.3 Å². The van der Waals surface area contributed by atoms with Crippen LogP contribution in [0.1, 0.15) is 12.0 Å². The molecular weight excluding hydrogens is 292 g/mol. The summed E-state index contributed by atoms with van der Waals surface area (Å²) in [6.07, 6.45) is 0.894. The Balaban J connectivity index is 2.31. The van der Waals surface area contributed by atoms with Crippen molar-refractivity contribution in [2.45, 2.75) is 13.3 Å². The lowest BCUT2D eigenvalue weighted by Gasteiger charge is -2.13. The van der Waals surface area contributed by atoms with Gasteiger partial charge in [-0.15, -0.1) is 0 Å². The average Bonchev–Trinajstić information content (AvgIpc) is 2.38. The predicted molar refractivity (Wildman–Crippen MR) is 78.4 cm³/mol. The fraction of sp³-hybridized carbons (Fsp3) is 0.333. The molecule has 0 aliphatic carbocycles. The number of ether oxygens (including phenoxy) is 2. The van der Waals surface area contributed by atoms with Crippen molar-refractivity contribution in [3.63, 3.8) is 0 Å². The Kier molecular flexibility index (Phi) is 4.61. The van der Waals surface area contributed by atoms with Gasteiger partial charge in [-0.3, -0.25) is 0 Å². The Labute approximate surface area is 116 Å². The van der Waals surface area contributed by atoms with Crippen molar-refractivity contribution >= 4 is 26.7 Å². The van der Waals surface area contributed by atoms with Gasteiger partial charge in [0.15, 0.2) is 0 Å². The van der Waals surface area contributed by atoms with Crippen LogP contribution in [0.2, 0.25) is 0 Å². The monoisotopic (exact) mass is 308 g/mol. The molecule has 0 spiro atoms. The van der Waals surface area contributed by atoms with E-state index in [1.807, 2.05) is 12.1 Å².